The Balaban J connectivity index is 2.28. The molecule has 0 radical (unpaired) electrons. The van der Waals surface area contributed by atoms with E-state index in [9.17, 15) is 0 Å². The van der Waals surface area contributed by atoms with Gasteiger partial charge in [-0.05, 0) is 17.7 Å². The average molecular weight is 244 g/mol. The van der Waals surface area contributed by atoms with Crippen LogP contribution in [-0.2, 0) is 5.88 Å². The molecule has 0 aliphatic heterocycles. The Morgan fingerprint density at radius 2 is 2.12 bits per heavy atom. The van der Waals surface area contributed by atoms with Crippen LogP contribution in [0, 0.1) is 0 Å². The number of fused-ring (bicyclic) bond motifs is 1. The lowest BCUT2D eigenvalue weighted by Gasteiger charge is -2.07. The van der Waals surface area contributed by atoms with Crippen molar-refractivity contribution in [1.82, 2.24) is 14.5 Å². The molecule has 0 fully saturated rings. The maximum atomic E-state index is 5.99. The number of imidazole rings is 1. The van der Waals surface area contributed by atoms with Crippen molar-refractivity contribution in [1.29, 1.82) is 0 Å². The van der Waals surface area contributed by atoms with Crippen molar-refractivity contribution in [2.75, 3.05) is 0 Å². The molecule has 84 valence electrons. The van der Waals surface area contributed by atoms with Crippen LogP contribution in [0.2, 0.25) is 0 Å². The fourth-order valence-corrected chi connectivity index (χ4v) is 2.09. The number of pyridine rings is 1. The molecule has 3 rings (SSSR count). The van der Waals surface area contributed by atoms with Gasteiger partial charge in [0.25, 0.3) is 0 Å². The van der Waals surface area contributed by atoms with Crippen LogP contribution in [0.1, 0.15) is 5.56 Å². The molecule has 1 aromatic carbocycles. The highest BCUT2D eigenvalue weighted by molar-refractivity contribution is 6.18. The van der Waals surface area contributed by atoms with E-state index in [1.165, 1.54) is 0 Å². The number of hydrogen-bond acceptors (Lipinski definition) is 2. The Kier molecular flexibility index (Phi) is 2.53. The predicted molar refractivity (Wildman–Crippen MR) is 68.4 cm³/mol. The third-order valence-electron chi connectivity index (χ3n) is 2.70. The second-order valence-corrected chi connectivity index (χ2v) is 4.03. The fraction of sp³-hybridized carbons (Fsp3) is 0.0769. The van der Waals surface area contributed by atoms with Gasteiger partial charge in [-0.15, -0.1) is 11.6 Å². The van der Waals surface area contributed by atoms with E-state index in [2.05, 4.69) is 9.97 Å². The normalized spacial score (nSPS) is 10.9. The molecule has 17 heavy (non-hydrogen) atoms. The Labute approximate surface area is 104 Å². The second-order valence-electron chi connectivity index (χ2n) is 3.76. The van der Waals surface area contributed by atoms with Gasteiger partial charge < -0.3 is 0 Å². The van der Waals surface area contributed by atoms with Crippen molar-refractivity contribution in [2.24, 2.45) is 0 Å². The van der Waals surface area contributed by atoms with Crippen LogP contribution in [-0.4, -0.2) is 14.5 Å². The summed E-state index contributed by atoms with van der Waals surface area (Å²) in [5, 5.41) is 1.10. The lowest BCUT2D eigenvalue weighted by Crippen LogP contribution is -1.97. The van der Waals surface area contributed by atoms with Crippen molar-refractivity contribution in [2.45, 2.75) is 5.88 Å². The van der Waals surface area contributed by atoms with Gasteiger partial charge in [0.1, 0.15) is 12.1 Å². The maximum absolute atomic E-state index is 5.99. The van der Waals surface area contributed by atoms with Gasteiger partial charge in [0.05, 0.1) is 5.52 Å². The van der Waals surface area contributed by atoms with Crippen molar-refractivity contribution in [3.05, 3.63) is 54.6 Å². The van der Waals surface area contributed by atoms with Gasteiger partial charge in [0.15, 0.2) is 0 Å². The third-order valence-corrected chi connectivity index (χ3v) is 2.99. The largest absolute Gasteiger partial charge is 0.291 e. The molecule has 0 bridgehead atoms. The number of rotatable bonds is 2. The SMILES string of the molecule is ClCc1cc(-n2ccnc2)nc2ccccc12. The smallest absolute Gasteiger partial charge is 0.138 e. The van der Waals surface area contributed by atoms with Gasteiger partial charge in [0, 0.05) is 23.7 Å². The van der Waals surface area contributed by atoms with Crippen LogP contribution in [0.15, 0.2) is 49.1 Å². The van der Waals surface area contributed by atoms with Crippen LogP contribution in [0.3, 0.4) is 0 Å². The zero-order valence-corrected chi connectivity index (χ0v) is 9.80. The summed E-state index contributed by atoms with van der Waals surface area (Å²) in [6.07, 6.45) is 5.33. The van der Waals surface area contributed by atoms with Gasteiger partial charge in [-0.3, -0.25) is 4.57 Å². The van der Waals surface area contributed by atoms with E-state index in [1.807, 2.05) is 41.1 Å². The number of halogens is 1. The summed E-state index contributed by atoms with van der Waals surface area (Å²) < 4.78 is 1.88. The third kappa shape index (κ3) is 1.78. The highest BCUT2D eigenvalue weighted by atomic mass is 35.5. The molecule has 0 spiro atoms. The summed E-state index contributed by atoms with van der Waals surface area (Å²) >= 11 is 5.99. The summed E-state index contributed by atoms with van der Waals surface area (Å²) in [5.74, 6) is 1.32. The molecule has 0 aliphatic carbocycles. The lowest BCUT2D eigenvalue weighted by molar-refractivity contribution is 1.00. The maximum Gasteiger partial charge on any atom is 0.138 e. The summed E-state index contributed by atoms with van der Waals surface area (Å²) in [6.45, 7) is 0. The molecule has 0 amide bonds. The molecule has 0 aliphatic rings. The molecular weight excluding hydrogens is 234 g/mol. The van der Waals surface area contributed by atoms with Gasteiger partial charge in [-0.1, -0.05) is 18.2 Å². The van der Waals surface area contributed by atoms with Crippen molar-refractivity contribution in [3.63, 3.8) is 0 Å². The van der Waals surface area contributed by atoms with E-state index in [-0.39, 0.29) is 0 Å². The van der Waals surface area contributed by atoms with Gasteiger partial charge >= 0.3 is 0 Å². The Morgan fingerprint density at radius 3 is 2.88 bits per heavy atom. The molecular formula is C13H10ClN3. The molecule has 2 heterocycles. The van der Waals surface area contributed by atoms with Crippen LogP contribution < -0.4 is 0 Å². The zero-order chi connectivity index (χ0) is 11.7. The quantitative estimate of drug-likeness (QED) is 0.648. The van der Waals surface area contributed by atoms with E-state index < -0.39 is 0 Å². The highest BCUT2D eigenvalue weighted by Crippen LogP contribution is 2.21. The second kappa shape index (κ2) is 4.18. The zero-order valence-electron chi connectivity index (χ0n) is 9.05. The molecule has 2 aromatic heterocycles. The number of nitrogens with zero attached hydrogens (tertiary/aromatic N) is 3. The van der Waals surface area contributed by atoms with Crippen LogP contribution in [0.5, 0.6) is 0 Å². The minimum atomic E-state index is 0.477. The molecule has 3 aromatic rings. The highest BCUT2D eigenvalue weighted by Gasteiger charge is 2.05. The Hall–Kier alpha value is -1.87. The van der Waals surface area contributed by atoms with E-state index >= 15 is 0 Å². The number of alkyl halides is 1. The van der Waals surface area contributed by atoms with E-state index in [1.54, 1.807) is 12.5 Å². The Morgan fingerprint density at radius 1 is 1.24 bits per heavy atom. The van der Waals surface area contributed by atoms with Crippen molar-refractivity contribution in [3.8, 4) is 5.82 Å². The molecule has 3 nitrogen and oxygen atoms in total. The van der Waals surface area contributed by atoms with Crippen molar-refractivity contribution < 1.29 is 0 Å². The van der Waals surface area contributed by atoms with Crippen LogP contribution >= 0.6 is 11.6 Å². The lowest BCUT2D eigenvalue weighted by atomic mass is 10.1. The average Bonchev–Trinajstić information content (AvgIpc) is 2.91. The number of hydrogen-bond donors (Lipinski definition) is 0. The fourth-order valence-electron chi connectivity index (χ4n) is 1.87. The number of benzene rings is 1. The first-order chi connectivity index (χ1) is 8.38. The monoisotopic (exact) mass is 243 g/mol. The van der Waals surface area contributed by atoms with Crippen LogP contribution in [0.25, 0.3) is 16.7 Å². The van der Waals surface area contributed by atoms with Gasteiger partial charge in [-0.2, -0.15) is 0 Å². The standard InChI is InChI=1S/C13H10ClN3/c14-8-10-7-13(17-6-5-15-9-17)16-12-4-2-1-3-11(10)12/h1-7,9H,8H2. The molecule has 0 saturated heterocycles. The van der Waals surface area contributed by atoms with E-state index in [0.717, 1.165) is 22.3 Å². The first-order valence-corrected chi connectivity index (χ1v) is 5.85. The van der Waals surface area contributed by atoms with E-state index in [4.69, 9.17) is 11.6 Å². The molecule has 0 N–H and O–H groups in total. The first kappa shape index (κ1) is 10.3. The van der Waals surface area contributed by atoms with Gasteiger partial charge in [-0.25, -0.2) is 9.97 Å². The summed E-state index contributed by atoms with van der Waals surface area (Å²) in [5.41, 5.74) is 2.04. The predicted octanol–water partition coefficient (Wildman–Crippen LogP) is 3.16. The molecule has 4 heteroatoms. The minimum Gasteiger partial charge on any atom is -0.291 e. The number of aromatic nitrogens is 3. The van der Waals surface area contributed by atoms with Crippen molar-refractivity contribution >= 4 is 22.5 Å². The molecule has 0 atom stereocenters. The summed E-state index contributed by atoms with van der Waals surface area (Å²) in [4.78, 5) is 8.61. The summed E-state index contributed by atoms with van der Waals surface area (Å²) in [6, 6.07) is 10.0. The first-order valence-electron chi connectivity index (χ1n) is 5.31. The molecule has 0 saturated carbocycles. The summed E-state index contributed by atoms with van der Waals surface area (Å²) in [7, 11) is 0. The minimum absolute atomic E-state index is 0.477. The topological polar surface area (TPSA) is 30.7 Å². The molecule has 0 unspecified atom stereocenters. The Bertz CT molecular complexity index is 647. The number of para-hydroxylation sites is 1. The van der Waals surface area contributed by atoms with Crippen LogP contribution in [0.4, 0.5) is 0 Å². The van der Waals surface area contributed by atoms with Gasteiger partial charge in [0.2, 0.25) is 0 Å². The van der Waals surface area contributed by atoms with E-state index in [0.29, 0.717) is 5.88 Å².